The van der Waals surface area contributed by atoms with E-state index in [1.54, 1.807) is 13.0 Å². The third-order valence-corrected chi connectivity index (χ3v) is 9.35. The third kappa shape index (κ3) is 8.58. The van der Waals surface area contributed by atoms with Crippen molar-refractivity contribution in [2.45, 2.75) is 44.2 Å². The van der Waals surface area contributed by atoms with Crippen molar-refractivity contribution in [3.63, 3.8) is 0 Å². The van der Waals surface area contributed by atoms with Gasteiger partial charge in [0.05, 0.1) is 31.9 Å². The Kier molecular flexibility index (Phi) is 12.7. The average Bonchev–Trinajstić information content (AvgIpc) is 3.01. The smallest absolute Gasteiger partial charge is 0.265 e. The zero-order chi connectivity index (χ0) is 32.4. The highest BCUT2D eigenvalue weighted by Gasteiger charge is 2.34. The van der Waals surface area contributed by atoms with E-state index in [1.807, 2.05) is 31.2 Å². The van der Waals surface area contributed by atoms with Gasteiger partial charge in [-0.2, -0.15) is 0 Å². The van der Waals surface area contributed by atoms with Gasteiger partial charge < -0.3 is 24.4 Å². The van der Waals surface area contributed by atoms with Crippen molar-refractivity contribution < 1.29 is 32.2 Å². The topological polar surface area (TPSA) is 114 Å². The van der Waals surface area contributed by atoms with Crippen LogP contribution in [0, 0.1) is 0 Å². The standard InChI is InChI=1S/C31H37BrClN3O7S/c1-6-7-15-34-31(38)21(2)35(19-22-9-8-10-23(32)16-22)30(37)20-36(26-17-24(33)11-13-27(26)41-3)44(39,40)25-12-14-28(42-4)29(18-25)43-5/h8-14,16-18,21H,6-7,15,19-20H2,1-5H3,(H,34,38)/t21-/m1/s1. The molecule has 3 rings (SSSR count). The Bertz CT molecular complexity index is 1570. The second-order valence-electron chi connectivity index (χ2n) is 9.82. The van der Waals surface area contributed by atoms with Crippen molar-refractivity contribution in [2.75, 3.05) is 38.7 Å². The van der Waals surface area contributed by atoms with E-state index >= 15 is 0 Å². The number of rotatable bonds is 15. The molecule has 2 amide bonds. The molecule has 0 unspecified atom stereocenters. The van der Waals surface area contributed by atoms with Crippen molar-refractivity contribution in [1.29, 1.82) is 0 Å². The van der Waals surface area contributed by atoms with Gasteiger partial charge in [0.1, 0.15) is 18.3 Å². The van der Waals surface area contributed by atoms with Crippen LogP contribution in [0.1, 0.15) is 32.3 Å². The van der Waals surface area contributed by atoms with Crippen LogP contribution in [0.5, 0.6) is 17.2 Å². The van der Waals surface area contributed by atoms with E-state index in [1.165, 1.54) is 56.6 Å². The molecule has 0 spiro atoms. The largest absolute Gasteiger partial charge is 0.495 e. The van der Waals surface area contributed by atoms with Gasteiger partial charge >= 0.3 is 0 Å². The minimum atomic E-state index is -4.43. The maximum absolute atomic E-state index is 14.3. The van der Waals surface area contributed by atoms with Gasteiger partial charge in [-0.1, -0.05) is 53.0 Å². The van der Waals surface area contributed by atoms with Gasteiger partial charge in [-0.05, 0) is 61.4 Å². The number of carbonyl (C=O) groups is 2. The van der Waals surface area contributed by atoms with Crippen molar-refractivity contribution in [2.24, 2.45) is 0 Å². The fourth-order valence-electron chi connectivity index (χ4n) is 4.43. The summed E-state index contributed by atoms with van der Waals surface area (Å²) in [5.74, 6) is -0.273. The van der Waals surface area contributed by atoms with Gasteiger partial charge in [-0.15, -0.1) is 0 Å². The number of amides is 2. The van der Waals surface area contributed by atoms with Crippen molar-refractivity contribution in [1.82, 2.24) is 10.2 Å². The van der Waals surface area contributed by atoms with Crippen molar-refractivity contribution in [3.8, 4) is 17.2 Å². The van der Waals surface area contributed by atoms with Gasteiger partial charge in [-0.25, -0.2) is 8.42 Å². The first-order valence-corrected chi connectivity index (χ1v) is 16.5. The summed E-state index contributed by atoms with van der Waals surface area (Å²) in [6, 6.07) is 15.0. The molecule has 3 aromatic rings. The number of nitrogens with zero attached hydrogens (tertiary/aromatic N) is 2. The van der Waals surface area contributed by atoms with Crippen LogP contribution in [0.25, 0.3) is 0 Å². The average molecular weight is 711 g/mol. The molecule has 10 nitrogen and oxygen atoms in total. The molecule has 0 aliphatic heterocycles. The lowest BCUT2D eigenvalue weighted by Gasteiger charge is -2.32. The monoisotopic (exact) mass is 709 g/mol. The van der Waals surface area contributed by atoms with E-state index < -0.39 is 28.5 Å². The quantitative estimate of drug-likeness (QED) is 0.203. The Morgan fingerprint density at radius 3 is 2.27 bits per heavy atom. The van der Waals surface area contributed by atoms with Gasteiger partial charge in [0.25, 0.3) is 10.0 Å². The van der Waals surface area contributed by atoms with E-state index in [0.717, 1.165) is 27.2 Å². The molecule has 0 aliphatic carbocycles. The summed E-state index contributed by atoms with van der Waals surface area (Å²) in [6.45, 7) is 3.48. The first-order chi connectivity index (χ1) is 21.0. The Balaban J connectivity index is 2.12. The molecule has 3 aromatic carbocycles. The Hall–Kier alpha value is -3.48. The van der Waals surface area contributed by atoms with Crippen LogP contribution in [0.3, 0.4) is 0 Å². The lowest BCUT2D eigenvalue weighted by atomic mass is 10.1. The second-order valence-corrected chi connectivity index (χ2v) is 13.0. The highest BCUT2D eigenvalue weighted by molar-refractivity contribution is 9.10. The number of ether oxygens (including phenoxy) is 3. The Labute approximate surface area is 272 Å². The number of hydrogen-bond acceptors (Lipinski definition) is 7. The fraction of sp³-hybridized carbons (Fsp3) is 0.355. The third-order valence-electron chi connectivity index (χ3n) is 6.87. The lowest BCUT2D eigenvalue weighted by molar-refractivity contribution is -0.139. The summed E-state index contributed by atoms with van der Waals surface area (Å²) in [7, 11) is -0.213. The molecule has 44 heavy (non-hydrogen) atoms. The number of carbonyl (C=O) groups excluding carboxylic acids is 2. The van der Waals surface area contributed by atoms with Crippen LogP contribution in [-0.2, 0) is 26.2 Å². The maximum atomic E-state index is 14.3. The molecule has 238 valence electrons. The fourth-order valence-corrected chi connectivity index (χ4v) is 6.47. The van der Waals surface area contributed by atoms with Gasteiger partial charge in [-0.3, -0.25) is 13.9 Å². The van der Waals surface area contributed by atoms with Gasteiger partial charge in [0.2, 0.25) is 11.8 Å². The minimum Gasteiger partial charge on any atom is -0.495 e. The normalized spacial score (nSPS) is 11.8. The van der Waals surface area contributed by atoms with E-state index in [2.05, 4.69) is 21.2 Å². The van der Waals surface area contributed by atoms with Crippen LogP contribution in [0.2, 0.25) is 5.02 Å². The predicted octanol–water partition coefficient (Wildman–Crippen LogP) is 5.66. The molecule has 0 heterocycles. The lowest BCUT2D eigenvalue weighted by Crippen LogP contribution is -2.51. The zero-order valence-electron chi connectivity index (χ0n) is 25.3. The van der Waals surface area contributed by atoms with E-state index in [9.17, 15) is 18.0 Å². The molecule has 0 radical (unpaired) electrons. The summed E-state index contributed by atoms with van der Waals surface area (Å²) in [6.07, 6.45) is 1.67. The molecular weight excluding hydrogens is 674 g/mol. The number of sulfonamides is 1. The summed E-state index contributed by atoms with van der Waals surface area (Å²) in [5, 5.41) is 3.10. The maximum Gasteiger partial charge on any atom is 0.265 e. The Morgan fingerprint density at radius 1 is 0.955 bits per heavy atom. The molecular formula is C31H37BrClN3O7S. The van der Waals surface area contributed by atoms with Gasteiger partial charge in [0.15, 0.2) is 11.5 Å². The zero-order valence-corrected chi connectivity index (χ0v) is 28.5. The number of halogens is 2. The van der Waals surface area contributed by atoms with Crippen LogP contribution in [-0.4, -0.2) is 65.6 Å². The first kappa shape index (κ1) is 35.0. The summed E-state index contributed by atoms with van der Waals surface area (Å²) in [4.78, 5) is 28.5. The molecule has 0 aliphatic rings. The van der Waals surface area contributed by atoms with Gasteiger partial charge in [0, 0.05) is 28.7 Å². The van der Waals surface area contributed by atoms with Crippen molar-refractivity contribution in [3.05, 3.63) is 75.7 Å². The SMILES string of the molecule is CCCCNC(=O)[C@@H](C)N(Cc1cccc(Br)c1)C(=O)CN(c1cc(Cl)ccc1OC)S(=O)(=O)c1ccc(OC)c(OC)c1. The van der Waals surface area contributed by atoms with Crippen molar-refractivity contribution >= 4 is 55.1 Å². The summed E-state index contributed by atoms with van der Waals surface area (Å²) in [5.41, 5.74) is 0.793. The number of benzene rings is 3. The molecule has 1 atom stereocenters. The van der Waals surface area contributed by atoms with E-state index in [-0.39, 0.29) is 39.6 Å². The molecule has 1 N–H and O–H groups in total. The number of anilines is 1. The molecule has 0 saturated carbocycles. The summed E-state index contributed by atoms with van der Waals surface area (Å²) < 4.78 is 46.4. The Morgan fingerprint density at radius 2 is 1.64 bits per heavy atom. The number of unbranched alkanes of at least 4 members (excludes halogenated alkanes) is 1. The van der Waals surface area contributed by atoms with E-state index in [0.29, 0.717) is 12.3 Å². The summed E-state index contributed by atoms with van der Waals surface area (Å²) >= 11 is 9.76. The van der Waals surface area contributed by atoms with E-state index in [4.69, 9.17) is 25.8 Å². The molecule has 0 saturated heterocycles. The highest BCUT2D eigenvalue weighted by atomic mass is 79.9. The molecule has 0 aromatic heterocycles. The van der Waals surface area contributed by atoms with Crippen LogP contribution in [0.4, 0.5) is 5.69 Å². The minimum absolute atomic E-state index is 0.0468. The molecule has 0 bridgehead atoms. The van der Waals surface area contributed by atoms with Crippen LogP contribution in [0.15, 0.2) is 70.0 Å². The molecule has 13 heteroatoms. The number of nitrogens with one attached hydrogen (secondary N) is 1. The highest BCUT2D eigenvalue weighted by Crippen LogP contribution is 2.37. The predicted molar refractivity (Wildman–Crippen MR) is 174 cm³/mol. The number of hydrogen-bond donors (Lipinski definition) is 1. The van der Waals surface area contributed by atoms with Crippen LogP contribution < -0.4 is 23.8 Å². The first-order valence-electron chi connectivity index (χ1n) is 13.9. The number of methoxy groups -OCH3 is 3. The second kappa shape index (κ2) is 16.0. The molecule has 0 fully saturated rings. The van der Waals surface area contributed by atoms with Crippen LogP contribution >= 0.6 is 27.5 Å².